The van der Waals surface area contributed by atoms with Gasteiger partial charge in [0, 0.05) is 59.9 Å². The molecule has 0 radical (unpaired) electrons. The number of halogens is 6. The van der Waals surface area contributed by atoms with Crippen LogP contribution in [-0.2, 0) is 6.54 Å². The maximum atomic E-state index is 14.8. The Balaban J connectivity index is 1.62. The molecule has 2 heterocycles. The monoisotopic (exact) mass is 652 g/mol. The zero-order chi connectivity index (χ0) is 27.6. The minimum Gasteiger partial charge on any atom is -0.378 e. The van der Waals surface area contributed by atoms with Crippen molar-refractivity contribution in [3.8, 4) is 0 Å². The van der Waals surface area contributed by atoms with E-state index in [-0.39, 0.29) is 55.6 Å². The zero-order valence-electron chi connectivity index (χ0n) is 20.8. The molecular weight excluding hydrogens is 622 g/mol. The van der Waals surface area contributed by atoms with Crippen molar-refractivity contribution in [3.05, 3.63) is 61.1 Å². The van der Waals surface area contributed by atoms with Gasteiger partial charge < -0.3 is 20.1 Å². The molecule has 1 aromatic carbocycles. The molecule has 0 unspecified atom stereocenters. The summed E-state index contributed by atoms with van der Waals surface area (Å²) in [7, 11) is 1.81. The van der Waals surface area contributed by atoms with Gasteiger partial charge in [-0.1, -0.05) is 18.2 Å². The molecule has 2 aliphatic rings. The molecule has 1 saturated heterocycles. The van der Waals surface area contributed by atoms with Crippen molar-refractivity contribution in [2.45, 2.75) is 69.3 Å². The quantitative estimate of drug-likeness (QED) is 0.306. The average Bonchev–Trinajstić information content (AvgIpc) is 2.85. The molecule has 0 bridgehead atoms. The average molecular weight is 652 g/mol. The molecule has 2 fully saturated rings. The molecule has 38 heavy (non-hydrogen) atoms. The summed E-state index contributed by atoms with van der Waals surface area (Å²) in [5.41, 5.74) is 0.0971. The first kappa shape index (κ1) is 28.8. The SMILES string of the molecule is CN1CC[C@H](Nc2cc(=O)n(C3CCC(F)(F)CC3)cc2C(=O)NCc2cccc(C(F)F)c2I)[C@H](F)C1. The Bertz CT molecular complexity index is 1210. The predicted octanol–water partition coefficient (Wildman–Crippen LogP) is 5.53. The van der Waals surface area contributed by atoms with Crippen molar-refractivity contribution in [2.75, 3.05) is 25.5 Å². The van der Waals surface area contributed by atoms with Crippen LogP contribution in [0.5, 0.6) is 0 Å². The summed E-state index contributed by atoms with van der Waals surface area (Å²) in [6, 6.07) is 4.53. The normalized spacial score (nSPS) is 22.4. The number of aromatic nitrogens is 1. The fraction of sp³-hybridized carbons (Fsp3) is 0.538. The second-order valence-corrected chi connectivity index (χ2v) is 11.1. The van der Waals surface area contributed by atoms with Crippen LogP contribution in [0.3, 0.4) is 0 Å². The summed E-state index contributed by atoms with van der Waals surface area (Å²) >= 11 is 1.81. The third-order valence-corrected chi connectivity index (χ3v) is 8.59. The lowest BCUT2D eigenvalue weighted by Gasteiger charge is -2.34. The first-order valence-corrected chi connectivity index (χ1v) is 13.6. The van der Waals surface area contributed by atoms with E-state index in [0.29, 0.717) is 22.1 Å². The van der Waals surface area contributed by atoms with Crippen molar-refractivity contribution in [3.63, 3.8) is 0 Å². The first-order chi connectivity index (χ1) is 17.9. The molecule has 1 saturated carbocycles. The number of alkyl halides is 5. The summed E-state index contributed by atoms with van der Waals surface area (Å²) in [4.78, 5) is 28.2. The summed E-state index contributed by atoms with van der Waals surface area (Å²) in [5.74, 6) is -3.38. The molecule has 208 valence electrons. The first-order valence-electron chi connectivity index (χ1n) is 12.5. The molecule has 1 aromatic heterocycles. The number of hydrogen-bond acceptors (Lipinski definition) is 4. The molecule has 12 heteroatoms. The van der Waals surface area contributed by atoms with Crippen molar-refractivity contribution in [1.82, 2.24) is 14.8 Å². The molecule has 1 amide bonds. The molecule has 6 nitrogen and oxygen atoms in total. The van der Waals surface area contributed by atoms with Gasteiger partial charge in [-0.25, -0.2) is 22.0 Å². The van der Waals surface area contributed by atoms with Gasteiger partial charge in [-0.05, 0) is 54.5 Å². The molecule has 1 aliphatic carbocycles. The minimum atomic E-state index is -2.78. The third kappa shape index (κ3) is 6.67. The highest BCUT2D eigenvalue weighted by Crippen LogP contribution is 2.38. The predicted molar refractivity (Wildman–Crippen MR) is 143 cm³/mol. The number of nitrogens with one attached hydrogen (secondary N) is 2. The second-order valence-electron chi connectivity index (χ2n) is 10.1. The van der Waals surface area contributed by atoms with E-state index < -0.39 is 42.1 Å². The van der Waals surface area contributed by atoms with Crippen LogP contribution in [0.1, 0.15) is 66.1 Å². The van der Waals surface area contributed by atoms with E-state index in [9.17, 15) is 31.5 Å². The van der Waals surface area contributed by atoms with Crippen LogP contribution >= 0.6 is 22.6 Å². The van der Waals surface area contributed by atoms with Crippen LogP contribution in [0.4, 0.5) is 27.6 Å². The molecule has 1 aliphatic heterocycles. The van der Waals surface area contributed by atoms with Gasteiger partial charge in [0.05, 0.1) is 17.3 Å². The number of hydrogen-bond donors (Lipinski definition) is 2. The Morgan fingerprint density at radius 1 is 1.21 bits per heavy atom. The zero-order valence-corrected chi connectivity index (χ0v) is 23.0. The topological polar surface area (TPSA) is 66.4 Å². The number of benzene rings is 1. The van der Waals surface area contributed by atoms with Crippen LogP contribution in [0.25, 0.3) is 0 Å². The van der Waals surface area contributed by atoms with Gasteiger partial charge in [0.15, 0.2) is 0 Å². The van der Waals surface area contributed by atoms with Crippen LogP contribution in [0, 0.1) is 3.57 Å². The van der Waals surface area contributed by atoms with Crippen LogP contribution in [0.15, 0.2) is 35.3 Å². The molecule has 2 N–H and O–H groups in total. The van der Waals surface area contributed by atoms with Gasteiger partial charge in [-0.15, -0.1) is 0 Å². The lowest BCUT2D eigenvalue weighted by molar-refractivity contribution is -0.0442. The van der Waals surface area contributed by atoms with Gasteiger partial charge in [0.1, 0.15) is 6.17 Å². The maximum absolute atomic E-state index is 14.8. The lowest BCUT2D eigenvalue weighted by Crippen LogP contribution is -2.46. The molecular formula is C26H30F5IN4O2. The van der Waals surface area contributed by atoms with Gasteiger partial charge in [0.2, 0.25) is 5.92 Å². The Morgan fingerprint density at radius 3 is 2.58 bits per heavy atom. The van der Waals surface area contributed by atoms with E-state index in [1.165, 1.54) is 29.0 Å². The number of pyridine rings is 1. The number of carbonyl (C=O) groups is 1. The minimum absolute atomic E-state index is 0.0498. The number of anilines is 1. The maximum Gasteiger partial charge on any atom is 0.264 e. The highest BCUT2D eigenvalue weighted by Gasteiger charge is 2.36. The number of rotatable bonds is 7. The van der Waals surface area contributed by atoms with E-state index in [0.717, 1.165) is 0 Å². The number of carbonyl (C=O) groups excluding carboxylic acids is 1. The molecule has 2 aromatic rings. The summed E-state index contributed by atoms with van der Waals surface area (Å²) < 4.78 is 70.4. The van der Waals surface area contributed by atoms with E-state index in [2.05, 4.69) is 10.6 Å². The van der Waals surface area contributed by atoms with E-state index in [4.69, 9.17) is 0 Å². The van der Waals surface area contributed by atoms with Crippen LogP contribution < -0.4 is 16.2 Å². The highest BCUT2D eigenvalue weighted by atomic mass is 127. The van der Waals surface area contributed by atoms with Crippen molar-refractivity contribution < 1.29 is 26.7 Å². The van der Waals surface area contributed by atoms with E-state index in [1.807, 2.05) is 27.5 Å². The van der Waals surface area contributed by atoms with Crippen LogP contribution in [-0.4, -0.2) is 53.6 Å². The van der Waals surface area contributed by atoms with Crippen molar-refractivity contribution >= 4 is 34.2 Å². The lowest BCUT2D eigenvalue weighted by atomic mass is 9.92. The molecule has 0 spiro atoms. The van der Waals surface area contributed by atoms with E-state index >= 15 is 0 Å². The van der Waals surface area contributed by atoms with Gasteiger partial charge in [-0.2, -0.15) is 0 Å². The third-order valence-electron chi connectivity index (χ3n) is 7.27. The largest absolute Gasteiger partial charge is 0.378 e. The van der Waals surface area contributed by atoms with Crippen LogP contribution in [0.2, 0.25) is 0 Å². The standard InChI is InChI=1S/C26H30F5IN4O2/c1-35-10-7-20(19(27)14-35)34-21-11-22(37)36(16-5-8-26(30,31)9-6-16)13-18(21)25(38)33-12-15-3-2-4-17(23(15)32)24(28)29/h2-4,11,13,16,19-20,24,34H,5-10,12,14H2,1H3,(H,33,38)/t19-,20+/m1/s1. The Labute approximate surface area is 231 Å². The number of amides is 1. The van der Waals surface area contributed by atoms with Crippen molar-refractivity contribution in [2.24, 2.45) is 0 Å². The Morgan fingerprint density at radius 2 is 1.92 bits per heavy atom. The smallest absolute Gasteiger partial charge is 0.264 e. The Kier molecular flexibility index (Phi) is 9.00. The van der Waals surface area contributed by atoms with Gasteiger partial charge in [-0.3, -0.25) is 9.59 Å². The van der Waals surface area contributed by atoms with E-state index in [1.54, 1.807) is 13.1 Å². The summed E-state index contributed by atoms with van der Waals surface area (Å²) in [5, 5.41) is 5.74. The van der Waals surface area contributed by atoms with Gasteiger partial charge in [0.25, 0.3) is 17.9 Å². The van der Waals surface area contributed by atoms with Gasteiger partial charge >= 0.3 is 0 Å². The Hall–Kier alpha value is -2.22. The summed E-state index contributed by atoms with van der Waals surface area (Å²) in [6.45, 7) is 0.781. The van der Waals surface area contributed by atoms with Crippen molar-refractivity contribution in [1.29, 1.82) is 0 Å². The fourth-order valence-electron chi connectivity index (χ4n) is 5.03. The second kappa shape index (κ2) is 11.9. The molecule has 4 rings (SSSR count). The number of likely N-dealkylation sites (tertiary alicyclic amines) is 1. The number of nitrogens with zero attached hydrogens (tertiary/aromatic N) is 2. The summed E-state index contributed by atoms with van der Waals surface area (Å²) in [6.07, 6.45) is -2.64. The number of piperidine rings is 1. The highest BCUT2D eigenvalue weighted by molar-refractivity contribution is 14.1. The fourth-order valence-corrected chi connectivity index (χ4v) is 5.82. The molecule has 2 atom stereocenters.